The highest BCUT2D eigenvalue weighted by molar-refractivity contribution is 9.10. The number of carbonyl (C=O) groups is 2. The van der Waals surface area contributed by atoms with Crippen LogP contribution < -0.4 is 4.90 Å². The molecule has 1 amide bonds. The third-order valence-electron chi connectivity index (χ3n) is 4.73. The van der Waals surface area contributed by atoms with E-state index in [4.69, 9.17) is 0 Å². The molecule has 4 rings (SSSR count). The van der Waals surface area contributed by atoms with Gasteiger partial charge in [-0.1, -0.05) is 34.1 Å². The number of benzene rings is 2. The SMILES string of the molecule is O=C1C(=O)N(c2ccc(F)cc2F)C(c2cccnc2)/C1=C(\O)c1ccc(Br)cc1. The molecule has 5 nitrogen and oxygen atoms in total. The predicted molar refractivity (Wildman–Crippen MR) is 110 cm³/mol. The van der Waals surface area contributed by atoms with Gasteiger partial charge in [0.05, 0.1) is 17.3 Å². The van der Waals surface area contributed by atoms with Gasteiger partial charge in [0.1, 0.15) is 17.4 Å². The van der Waals surface area contributed by atoms with Crippen LogP contribution >= 0.6 is 15.9 Å². The minimum atomic E-state index is -1.14. The lowest BCUT2D eigenvalue weighted by Gasteiger charge is -2.25. The van der Waals surface area contributed by atoms with Crippen LogP contribution in [0.25, 0.3) is 5.76 Å². The summed E-state index contributed by atoms with van der Waals surface area (Å²) in [6.07, 6.45) is 2.92. The van der Waals surface area contributed by atoms with Gasteiger partial charge < -0.3 is 5.11 Å². The van der Waals surface area contributed by atoms with E-state index in [0.717, 1.165) is 21.5 Å². The predicted octanol–water partition coefficient (Wildman–Crippen LogP) is 4.75. The molecule has 1 fully saturated rings. The first-order chi connectivity index (χ1) is 14.4. The monoisotopic (exact) mass is 470 g/mol. The van der Waals surface area contributed by atoms with Crippen molar-refractivity contribution in [2.75, 3.05) is 4.90 Å². The Labute approximate surface area is 178 Å². The summed E-state index contributed by atoms with van der Waals surface area (Å²) in [6.45, 7) is 0. The first-order valence-corrected chi connectivity index (χ1v) is 9.59. The zero-order chi connectivity index (χ0) is 21.4. The Morgan fingerprint density at radius 2 is 1.80 bits per heavy atom. The Morgan fingerprint density at radius 3 is 2.43 bits per heavy atom. The minimum absolute atomic E-state index is 0.209. The van der Waals surface area contributed by atoms with E-state index in [0.29, 0.717) is 17.2 Å². The van der Waals surface area contributed by atoms with Crippen molar-refractivity contribution in [2.45, 2.75) is 6.04 Å². The molecular formula is C22H13BrF2N2O3. The van der Waals surface area contributed by atoms with E-state index in [9.17, 15) is 23.5 Å². The Balaban J connectivity index is 1.96. The number of pyridine rings is 1. The van der Waals surface area contributed by atoms with E-state index in [1.807, 2.05) is 0 Å². The van der Waals surface area contributed by atoms with Gasteiger partial charge in [-0.15, -0.1) is 0 Å². The van der Waals surface area contributed by atoms with Crippen molar-refractivity contribution >= 4 is 39.1 Å². The van der Waals surface area contributed by atoms with E-state index in [2.05, 4.69) is 20.9 Å². The van der Waals surface area contributed by atoms with Gasteiger partial charge in [-0.25, -0.2) is 8.78 Å². The van der Waals surface area contributed by atoms with Crippen LogP contribution in [0, 0.1) is 11.6 Å². The van der Waals surface area contributed by atoms with Gasteiger partial charge >= 0.3 is 0 Å². The molecule has 0 spiro atoms. The van der Waals surface area contributed by atoms with Crippen molar-refractivity contribution in [1.82, 2.24) is 4.98 Å². The summed E-state index contributed by atoms with van der Waals surface area (Å²) in [5, 5.41) is 10.9. The lowest BCUT2D eigenvalue weighted by molar-refractivity contribution is -0.132. The maximum atomic E-state index is 14.5. The quantitative estimate of drug-likeness (QED) is 0.340. The highest BCUT2D eigenvalue weighted by Crippen LogP contribution is 2.42. The van der Waals surface area contributed by atoms with Crippen LogP contribution in [0.15, 0.2) is 77.0 Å². The fraction of sp³-hybridized carbons (Fsp3) is 0.0455. The summed E-state index contributed by atoms with van der Waals surface area (Å²) in [4.78, 5) is 30.7. The summed E-state index contributed by atoms with van der Waals surface area (Å²) < 4.78 is 28.7. The van der Waals surface area contributed by atoms with Gasteiger partial charge in [0, 0.05) is 28.5 Å². The van der Waals surface area contributed by atoms with Crippen molar-refractivity contribution < 1.29 is 23.5 Å². The molecule has 1 unspecified atom stereocenters. The summed E-state index contributed by atoms with van der Waals surface area (Å²) >= 11 is 3.29. The van der Waals surface area contributed by atoms with Crippen LogP contribution in [0.2, 0.25) is 0 Å². The maximum Gasteiger partial charge on any atom is 0.300 e. The van der Waals surface area contributed by atoms with Crippen LogP contribution in [-0.2, 0) is 9.59 Å². The third-order valence-corrected chi connectivity index (χ3v) is 5.26. The highest BCUT2D eigenvalue weighted by Gasteiger charge is 2.47. The van der Waals surface area contributed by atoms with Crippen molar-refractivity contribution in [3.63, 3.8) is 0 Å². The van der Waals surface area contributed by atoms with Crippen LogP contribution in [0.5, 0.6) is 0 Å². The van der Waals surface area contributed by atoms with Gasteiger partial charge in [0.25, 0.3) is 11.7 Å². The summed E-state index contributed by atoms with van der Waals surface area (Å²) in [7, 11) is 0. The number of rotatable bonds is 3. The zero-order valence-electron chi connectivity index (χ0n) is 15.2. The number of aliphatic hydroxyl groups excluding tert-OH is 1. The third kappa shape index (κ3) is 3.39. The lowest BCUT2D eigenvalue weighted by atomic mass is 9.96. The molecule has 1 saturated heterocycles. The van der Waals surface area contributed by atoms with Gasteiger partial charge in [0.2, 0.25) is 0 Å². The molecule has 1 atom stereocenters. The van der Waals surface area contributed by atoms with Gasteiger partial charge in [-0.2, -0.15) is 0 Å². The summed E-state index contributed by atoms with van der Waals surface area (Å²) in [5.74, 6) is -4.24. The number of aromatic nitrogens is 1. The second kappa shape index (κ2) is 7.79. The number of ketones is 1. The van der Waals surface area contributed by atoms with Crippen LogP contribution in [0.3, 0.4) is 0 Å². The average molecular weight is 471 g/mol. The Hall–Kier alpha value is -3.39. The largest absolute Gasteiger partial charge is 0.507 e. The number of amides is 1. The van der Waals surface area contributed by atoms with E-state index in [-0.39, 0.29) is 11.3 Å². The fourth-order valence-electron chi connectivity index (χ4n) is 3.37. The molecule has 1 aliphatic heterocycles. The molecule has 2 aromatic carbocycles. The number of carbonyl (C=O) groups excluding carboxylic acids is 2. The number of anilines is 1. The molecule has 0 bridgehead atoms. The highest BCUT2D eigenvalue weighted by atomic mass is 79.9. The molecule has 0 radical (unpaired) electrons. The van der Waals surface area contributed by atoms with Crippen molar-refractivity contribution in [3.8, 4) is 0 Å². The van der Waals surface area contributed by atoms with E-state index >= 15 is 0 Å². The molecule has 8 heteroatoms. The van der Waals surface area contributed by atoms with E-state index in [1.54, 1.807) is 36.4 Å². The van der Waals surface area contributed by atoms with E-state index in [1.165, 1.54) is 12.4 Å². The van der Waals surface area contributed by atoms with Crippen LogP contribution in [0.4, 0.5) is 14.5 Å². The summed E-state index contributed by atoms with van der Waals surface area (Å²) in [5.41, 5.74) is 0.213. The Bertz CT molecular complexity index is 1180. The number of hydrogen-bond acceptors (Lipinski definition) is 4. The van der Waals surface area contributed by atoms with Crippen molar-refractivity contribution in [3.05, 3.63) is 99.8 Å². The topological polar surface area (TPSA) is 70.5 Å². The van der Waals surface area contributed by atoms with Gasteiger partial charge in [-0.3, -0.25) is 19.5 Å². The normalized spacial score (nSPS) is 18.1. The molecule has 1 N–H and O–H groups in total. The Kier molecular flexibility index (Phi) is 5.17. The number of Topliss-reactive ketones (excluding diaryl/α,β-unsaturated/α-hetero) is 1. The first kappa shape index (κ1) is 19.9. The lowest BCUT2D eigenvalue weighted by Crippen LogP contribution is -2.30. The number of hydrogen-bond donors (Lipinski definition) is 1. The molecule has 1 aromatic heterocycles. The van der Waals surface area contributed by atoms with Gasteiger partial charge in [-0.05, 0) is 35.9 Å². The zero-order valence-corrected chi connectivity index (χ0v) is 16.8. The van der Waals surface area contributed by atoms with Gasteiger partial charge in [0.15, 0.2) is 0 Å². The molecular weight excluding hydrogens is 458 g/mol. The molecule has 0 saturated carbocycles. The number of halogens is 3. The maximum absolute atomic E-state index is 14.5. The molecule has 0 aliphatic carbocycles. The van der Waals surface area contributed by atoms with E-state index < -0.39 is 35.1 Å². The smallest absolute Gasteiger partial charge is 0.300 e. The minimum Gasteiger partial charge on any atom is -0.507 e. The second-order valence-corrected chi connectivity index (χ2v) is 7.47. The molecule has 30 heavy (non-hydrogen) atoms. The number of nitrogens with zero attached hydrogens (tertiary/aromatic N) is 2. The first-order valence-electron chi connectivity index (χ1n) is 8.80. The van der Waals surface area contributed by atoms with Crippen LogP contribution in [0.1, 0.15) is 17.2 Å². The molecule has 150 valence electrons. The van der Waals surface area contributed by atoms with Crippen molar-refractivity contribution in [2.24, 2.45) is 0 Å². The molecule has 2 heterocycles. The standard InChI is InChI=1S/C22H13BrF2N2O3/c23-14-5-3-12(4-6-14)20(28)18-19(13-2-1-9-26-11-13)27(22(30)21(18)29)17-8-7-15(24)10-16(17)25/h1-11,19,28H/b20-18+. The van der Waals surface area contributed by atoms with Crippen LogP contribution in [-0.4, -0.2) is 21.8 Å². The average Bonchev–Trinajstić information content (AvgIpc) is 3.00. The fourth-order valence-corrected chi connectivity index (χ4v) is 3.64. The summed E-state index contributed by atoms with van der Waals surface area (Å²) in [6, 6.07) is 11.3. The molecule has 3 aromatic rings. The number of aliphatic hydroxyl groups is 1. The van der Waals surface area contributed by atoms with Crippen molar-refractivity contribution in [1.29, 1.82) is 0 Å². The second-order valence-electron chi connectivity index (χ2n) is 6.56. The Morgan fingerprint density at radius 1 is 1.07 bits per heavy atom. The molecule has 1 aliphatic rings.